The van der Waals surface area contributed by atoms with E-state index in [1.807, 2.05) is 6.92 Å². The Morgan fingerprint density at radius 3 is 1.95 bits per heavy atom. The molecule has 0 saturated heterocycles. The van der Waals surface area contributed by atoms with Crippen LogP contribution in [-0.2, 0) is 6.54 Å². The predicted octanol–water partition coefficient (Wildman–Crippen LogP) is 4.94. The first-order chi connectivity index (χ1) is 9.95. The summed E-state index contributed by atoms with van der Waals surface area (Å²) < 4.78 is 26.4. The van der Waals surface area contributed by atoms with Gasteiger partial charge < -0.3 is 5.32 Å². The summed E-state index contributed by atoms with van der Waals surface area (Å²) in [6, 6.07) is 11.9. The standard InChI is InChI=1S/C18H21F2N/c1-12(2)15-6-4-14(5-7-15)11-21-13(3)16-8-17(19)10-18(20)9-16/h4-10,12-13,21H,11H2,1-3H3. The molecule has 0 heterocycles. The van der Waals surface area contributed by atoms with E-state index >= 15 is 0 Å². The van der Waals surface area contributed by atoms with Crippen LogP contribution in [0.2, 0.25) is 0 Å². The SMILES string of the molecule is CC(C)c1ccc(CNC(C)c2cc(F)cc(F)c2)cc1. The summed E-state index contributed by atoms with van der Waals surface area (Å²) in [6.45, 7) is 6.88. The van der Waals surface area contributed by atoms with Gasteiger partial charge >= 0.3 is 0 Å². The van der Waals surface area contributed by atoms with Crippen LogP contribution in [-0.4, -0.2) is 0 Å². The Morgan fingerprint density at radius 1 is 0.857 bits per heavy atom. The van der Waals surface area contributed by atoms with Crippen molar-refractivity contribution in [1.29, 1.82) is 0 Å². The average Bonchev–Trinajstić information content (AvgIpc) is 2.44. The van der Waals surface area contributed by atoms with Crippen LogP contribution in [0, 0.1) is 11.6 Å². The minimum absolute atomic E-state index is 0.111. The van der Waals surface area contributed by atoms with E-state index in [1.165, 1.54) is 17.7 Å². The maximum atomic E-state index is 13.2. The lowest BCUT2D eigenvalue weighted by Gasteiger charge is -2.15. The number of hydrogen-bond acceptors (Lipinski definition) is 1. The Balaban J connectivity index is 1.98. The van der Waals surface area contributed by atoms with Crippen molar-refractivity contribution in [1.82, 2.24) is 5.32 Å². The van der Waals surface area contributed by atoms with Crippen molar-refractivity contribution >= 4 is 0 Å². The maximum Gasteiger partial charge on any atom is 0.126 e. The summed E-state index contributed by atoms with van der Waals surface area (Å²) in [7, 11) is 0. The number of nitrogens with one attached hydrogen (secondary N) is 1. The van der Waals surface area contributed by atoms with Crippen molar-refractivity contribution in [2.45, 2.75) is 39.3 Å². The van der Waals surface area contributed by atoms with Gasteiger partial charge in [0.2, 0.25) is 0 Å². The molecule has 0 amide bonds. The van der Waals surface area contributed by atoms with E-state index in [0.717, 1.165) is 11.6 Å². The Kier molecular flexibility index (Phi) is 5.07. The Hall–Kier alpha value is -1.74. The van der Waals surface area contributed by atoms with Crippen LogP contribution in [0.3, 0.4) is 0 Å². The molecule has 1 N–H and O–H groups in total. The number of rotatable bonds is 5. The molecule has 1 unspecified atom stereocenters. The molecule has 1 nitrogen and oxygen atoms in total. The lowest BCUT2D eigenvalue weighted by atomic mass is 10.0. The lowest BCUT2D eigenvalue weighted by molar-refractivity contribution is 0.545. The molecule has 0 aliphatic rings. The summed E-state index contributed by atoms with van der Waals surface area (Å²) in [5.74, 6) is -0.568. The third-order valence-corrected chi connectivity index (χ3v) is 3.64. The highest BCUT2D eigenvalue weighted by Gasteiger charge is 2.08. The van der Waals surface area contributed by atoms with Crippen molar-refractivity contribution in [3.63, 3.8) is 0 Å². The van der Waals surface area contributed by atoms with Gasteiger partial charge in [-0.25, -0.2) is 8.78 Å². The van der Waals surface area contributed by atoms with Gasteiger partial charge in [0.1, 0.15) is 11.6 Å². The van der Waals surface area contributed by atoms with E-state index in [0.29, 0.717) is 18.0 Å². The Bertz CT molecular complexity index is 570. The fourth-order valence-corrected chi connectivity index (χ4v) is 2.23. The van der Waals surface area contributed by atoms with Crippen LogP contribution in [0.4, 0.5) is 8.78 Å². The van der Waals surface area contributed by atoms with Crippen LogP contribution in [0.15, 0.2) is 42.5 Å². The Labute approximate surface area is 125 Å². The smallest absolute Gasteiger partial charge is 0.126 e. The molecule has 0 aromatic heterocycles. The van der Waals surface area contributed by atoms with Gasteiger partial charge in [-0.2, -0.15) is 0 Å². The molecule has 1 atom stereocenters. The van der Waals surface area contributed by atoms with Gasteiger partial charge in [-0.1, -0.05) is 38.1 Å². The second-order valence-electron chi connectivity index (χ2n) is 5.70. The molecule has 2 aromatic rings. The van der Waals surface area contributed by atoms with Crippen molar-refractivity contribution in [2.75, 3.05) is 0 Å². The molecular weight excluding hydrogens is 268 g/mol. The first-order valence-electron chi connectivity index (χ1n) is 7.24. The van der Waals surface area contributed by atoms with Crippen LogP contribution in [0.25, 0.3) is 0 Å². The van der Waals surface area contributed by atoms with Gasteiger partial charge in [-0.15, -0.1) is 0 Å². The van der Waals surface area contributed by atoms with Gasteiger partial charge in [-0.3, -0.25) is 0 Å². The molecule has 112 valence electrons. The number of benzene rings is 2. The molecule has 0 aliphatic heterocycles. The molecule has 0 fully saturated rings. The molecule has 3 heteroatoms. The van der Waals surface area contributed by atoms with Crippen LogP contribution >= 0.6 is 0 Å². The minimum Gasteiger partial charge on any atom is -0.306 e. The zero-order valence-electron chi connectivity index (χ0n) is 12.7. The fraction of sp³-hybridized carbons (Fsp3) is 0.333. The zero-order chi connectivity index (χ0) is 15.4. The summed E-state index contributed by atoms with van der Waals surface area (Å²) >= 11 is 0. The molecule has 0 bridgehead atoms. The third kappa shape index (κ3) is 4.36. The van der Waals surface area contributed by atoms with E-state index in [2.05, 4.69) is 43.4 Å². The highest BCUT2D eigenvalue weighted by atomic mass is 19.1. The molecule has 0 radical (unpaired) electrons. The summed E-state index contributed by atoms with van der Waals surface area (Å²) in [6.07, 6.45) is 0. The molecule has 21 heavy (non-hydrogen) atoms. The Morgan fingerprint density at radius 2 is 1.43 bits per heavy atom. The first kappa shape index (κ1) is 15.6. The van der Waals surface area contributed by atoms with Crippen molar-refractivity contribution in [3.05, 3.63) is 70.8 Å². The van der Waals surface area contributed by atoms with Crippen molar-refractivity contribution in [2.24, 2.45) is 0 Å². The maximum absolute atomic E-state index is 13.2. The van der Waals surface area contributed by atoms with E-state index < -0.39 is 11.6 Å². The van der Waals surface area contributed by atoms with E-state index in [1.54, 1.807) is 0 Å². The lowest BCUT2D eigenvalue weighted by Crippen LogP contribution is -2.18. The van der Waals surface area contributed by atoms with Crippen LogP contribution < -0.4 is 5.32 Å². The van der Waals surface area contributed by atoms with Crippen molar-refractivity contribution < 1.29 is 8.78 Å². The molecule has 0 saturated carbocycles. The van der Waals surface area contributed by atoms with E-state index in [9.17, 15) is 8.78 Å². The van der Waals surface area contributed by atoms with Crippen LogP contribution in [0.5, 0.6) is 0 Å². The number of halogens is 2. The summed E-state index contributed by atoms with van der Waals surface area (Å²) in [4.78, 5) is 0. The van der Waals surface area contributed by atoms with E-state index in [4.69, 9.17) is 0 Å². The third-order valence-electron chi connectivity index (χ3n) is 3.64. The quantitative estimate of drug-likeness (QED) is 0.822. The normalized spacial score (nSPS) is 12.7. The van der Waals surface area contributed by atoms with Gasteiger partial charge in [0, 0.05) is 18.7 Å². The topological polar surface area (TPSA) is 12.0 Å². The minimum atomic E-state index is -0.542. The highest BCUT2D eigenvalue weighted by molar-refractivity contribution is 5.25. The second-order valence-corrected chi connectivity index (χ2v) is 5.70. The van der Waals surface area contributed by atoms with Gasteiger partial charge in [0.15, 0.2) is 0 Å². The highest BCUT2D eigenvalue weighted by Crippen LogP contribution is 2.18. The largest absolute Gasteiger partial charge is 0.306 e. The fourth-order valence-electron chi connectivity index (χ4n) is 2.23. The predicted molar refractivity (Wildman–Crippen MR) is 82.1 cm³/mol. The van der Waals surface area contributed by atoms with Gasteiger partial charge in [0.05, 0.1) is 0 Å². The monoisotopic (exact) mass is 289 g/mol. The summed E-state index contributed by atoms with van der Waals surface area (Å²) in [5.41, 5.74) is 3.08. The first-order valence-corrected chi connectivity index (χ1v) is 7.24. The summed E-state index contributed by atoms with van der Waals surface area (Å²) in [5, 5.41) is 3.28. The van der Waals surface area contributed by atoms with Gasteiger partial charge in [-0.05, 0) is 41.7 Å². The average molecular weight is 289 g/mol. The zero-order valence-corrected chi connectivity index (χ0v) is 12.7. The van der Waals surface area contributed by atoms with Gasteiger partial charge in [0.25, 0.3) is 0 Å². The molecule has 0 spiro atoms. The van der Waals surface area contributed by atoms with Crippen molar-refractivity contribution in [3.8, 4) is 0 Å². The van der Waals surface area contributed by atoms with E-state index in [-0.39, 0.29) is 6.04 Å². The molecule has 0 aliphatic carbocycles. The molecule has 2 aromatic carbocycles. The molecular formula is C18H21F2N. The second kappa shape index (κ2) is 6.81. The van der Waals surface area contributed by atoms with Crippen LogP contribution in [0.1, 0.15) is 49.4 Å². The molecule has 2 rings (SSSR count). The number of hydrogen-bond donors (Lipinski definition) is 1.